The van der Waals surface area contributed by atoms with Crippen LogP contribution >= 0.6 is 0 Å². The van der Waals surface area contributed by atoms with Crippen LogP contribution in [0.3, 0.4) is 0 Å². The summed E-state index contributed by atoms with van der Waals surface area (Å²) in [6.07, 6.45) is 0. The molecule has 1 heterocycles. The zero-order chi connectivity index (χ0) is 12.1. The van der Waals surface area contributed by atoms with E-state index in [0.717, 1.165) is 11.3 Å². The van der Waals surface area contributed by atoms with Crippen LogP contribution in [0.2, 0.25) is 0 Å². The molecule has 1 aromatic carbocycles. The number of aryl methyl sites for hydroxylation is 1. The number of hydrogen-bond donors (Lipinski definition) is 0. The molecule has 0 aliphatic carbocycles. The maximum absolute atomic E-state index is 12.4. The molecular formula is C12H17NO2S. The van der Waals surface area contributed by atoms with Crippen LogP contribution in [0.25, 0.3) is 0 Å². The molecule has 0 unspecified atom stereocenters. The topological polar surface area (TPSA) is 37.4 Å². The molecule has 0 amide bonds. The van der Waals surface area contributed by atoms with Crippen LogP contribution in [-0.2, 0) is 9.84 Å². The summed E-state index contributed by atoms with van der Waals surface area (Å²) < 4.78 is 24.0. The van der Waals surface area contributed by atoms with Gasteiger partial charge >= 0.3 is 0 Å². The Morgan fingerprint density at radius 1 is 1.31 bits per heavy atom. The molecule has 0 fully saturated rings. The predicted molar refractivity (Wildman–Crippen MR) is 65.7 cm³/mol. The Kier molecular flexibility index (Phi) is 2.31. The molecule has 4 heteroatoms. The average Bonchev–Trinajstić information content (AvgIpc) is 2.14. The second-order valence-electron chi connectivity index (χ2n) is 5.09. The molecule has 1 aromatic rings. The van der Waals surface area contributed by atoms with Crippen molar-refractivity contribution >= 4 is 15.5 Å². The lowest BCUT2D eigenvalue weighted by Crippen LogP contribution is -2.47. The number of fused-ring (bicyclic) bond motifs is 1. The van der Waals surface area contributed by atoms with E-state index in [0.29, 0.717) is 11.4 Å². The summed E-state index contributed by atoms with van der Waals surface area (Å²) >= 11 is 0. The van der Waals surface area contributed by atoms with Gasteiger partial charge in [-0.1, -0.05) is 6.07 Å². The van der Waals surface area contributed by atoms with Crippen molar-refractivity contribution < 1.29 is 8.42 Å². The standard InChI is InChI=1S/C12H17NO2S/c1-9-5-6-11-10(7-9)13(4)8-12(2,3)16(11,14)15/h5-7H,8H2,1-4H3. The summed E-state index contributed by atoms with van der Waals surface area (Å²) in [5.74, 6) is 0. The van der Waals surface area contributed by atoms with Gasteiger partial charge in [-0.25, -0.2) is 8.42 Å². The predicted octanol–water partition coefficient (Wildman–Crippen LogP) is 2.00. The fourth-order valence-electron chi connectivity index (χ4n) is 2.19. The summed E-state index contributed by atoms with van der Waals surface area (Å²) in [5.41, 5.74) is 1.90. The second-order valence-corrected chi connectivity index (χ2v) is 7.64. The zero-order valence-electron chi connectivity index (χ0n) is 10.1. The highest BCUT2D eigenvalue weighted by Crippen LogP contribution is 2.38. The van der Waals surface area contributed by atoms with Gasteiger partial charge in [0.25, 0.3) is 0 Å². The van der Waals surface area contributed by atoms with Crippen LogP contribution in [0.15, 0.2) is 23.1 Å². The third kappa shape index (κ3) is 1.44. The molecule has 0 saturated heterocycles. The number of anilines is 1. The van der Waals surface area contributed by atoms with Crippen molar-refractivity contribution in [3.8, 4) is 0 Å². The fraction of sp³-hybridized carbons (Fsp3) is 0.500. The molecular weight excluding hydrogens is 222 g/mol. The summed E-state index contributed by atoms with van der Waals surface area (Å²) in [4.78, 5) is 2.47. The Labute approximate surface area is 97.0 Å². The van der Waals surface area contributed by atoms with E-state index in [1.54, 1.807) is 19.9 Å². The van der Waals surface area contributed by atoms with Gasteiger partial charge in [-0.15, -0.1) is 0 Å². The van der Waals surface area contributed by atoms with E-state index in [9.17, 15) is 8.42 Å². The van der Waals surface area contributed by atoms with Crippen molar-refractivity contribution in [1.29, 1.82) is 0 Å². The van der Waals surface area contributed by atoms with Gasteiger partial charge in [-0.3, -0.25) is 0 Å². The monoisotopic (exact) mass is 239 g/mol. The van der Waals surface area contributed by atoms with Gasteiger partial charge < -0.3 is 4.90 Å². The Morgan fingerprint density at radius 2 is 1.94 bits per heavy atom. The summed E-state index contributed by atoms with van der Waals surface area (Å²) in [7, 11) is -1.27. The van der Waals surface area contributed by atoms with Crippen molar-refractivity contribution in [3.63, 3.8) is 0 Å². The molecule has 3 nitrogen and oxygen atoms in total. The van der Waals surface area contributed by atoms with E-state index in [1.807, 2.05) is 31.0 Å². The van der Waals surface area contributed by atoms with Crippen LogP contribution in [0.1, 0.15) is 19.4 Å². The van der Waals surface area contributed by atoms with Crippen LogP contribution in [0.4, 0.5) is 5.69 Å². The van der Waals surface area contributed by atoms with Crippen LogP contribution in [0, 0.1) is 6.92 Å². The van der Waals surface area contributed by atoms with Gasteiger partial charge in [-0.2, -0.15) is 0 Å². The lowest BCUT2D eigenvalue weighted by Gasteiger charge is -2.38. The number of hydrogen-bond acceptors (Lipinski definition) is 3. The Balaban J connectivity index is 2.75. The third-order valence-electron chi connectivity index (χ3n) is 3.16. The van der Waals surface area contributed by atoms with Gasteiger partial charge in [0, 0.05) is 13.6 Å². The highest BCUT2D eigenvalue weighted by molar-refractivity contribution is 7.93. The SMILES string of the molecule is Cc1ccc2c(c1)N(C)CC(C)(C)S2(=O)=O. The van der Waals surface area contributed by atoms with Crippen molar-refractivity contribution in [2.75, 3.05) is 18.5 Å². The molecule has 0 N–H and O–H groups in total. The fourth-order valence-corrected chi connectivity index (χ4v) is 3.89. The Hall–Kier alpha value is -1.03. The van der Waals surface area contributed by atoms with E-state index < -0.39 is 14.6 Å². The molecule has 88 valence electrons. The molecule has 0 atom stereocenters. The van der Waals surface area contributed by atoms with E-state index in [1.165, 1.54) is 0 Å². The summed E-state index contributed by atoms with van der Waals surface area (Å²) in [6.45, 7) is 6.07. The van der Waals surface area contributed by atoms with Crippen molar-refractivity contribution in [2.45, 2.75) is 30.4 Å². The van der Waals surface area contributed by atoms with E-state index in [2.05, 4.69) is 0 Å². The molecule has 16 heavy (non-hydrogen) atoms. The summed E-state index contributed by atoms with van der Waals surface area (Å²) in [6, 6.07) is 5.51. The number of rotatable bonds is 0. The maximum Gasteiger partial charge on any atom is 0.187 e. The molecule has 0 radical (unpaired) electrons. The van der Waals surface area contributed by atoms with Crippen molar-refractivity contribution in [3.05, 3.63) is 23.8 Å². The normalized spacial score (nSPS) is 21.6. The van der Waals surface area contributed by atoms with Crippen molar-refractivity contribution in [1.82, 2.24) is 0 Å². The number of sulfone groups is 1. The maximum atomic E-state index is 12.4. The molecule has 0 saturated carbocycles. The zero-order valence-corrected chi connectivity index (χ0v) is 10.9. The molecule has 2 rings (SSSR count). The van der Waals surface area contributed by atoms with E-state index in [4.69, 9.17) is 0 Å². The minimum Gasteiger partial charge on any atom is -0.372 e. The molecule has 0 spiro atoms. The summed E-state index contributed by atoms with van der Waals surface area (Å²) in [5, 5.41) is 0. The Morgan fingerprint density at radius 3 is 2.56 bits per heavy atom. The molecule has 0 aromatic heterocycles. The molecule has 0 bridgehead atoms. The van der Waals surface area contributed by atoms with Gasteiger partial charge in [0.15, 0.2) is 9.84 Å². The lowest BCUT2D eigenvalue weighted by atomic mass is 10.1. The van der Waals surface area contributed by atoms with Gasteiger partial charge in [-0.05, 0) is 38.5 Å². The molecule has 1 aliphatic rings. The van der Waals surface area contributed by atoms with Crippen LogP contribution < -0.4 is 4.90 Å². The van der Waals surface area contributed by atoms with Crippen LogP contribution in [0.5, 0.6) is 0 Å². The minimum atomic E-state index is -3.21. The van der Waals surface area contributed by atoms with Crippen LogP contribution in [-0.4, -0.2) is 26.8 Å². The first-order valence-corrected chi connectivity index (χ1v) is 6.80. The highest BCUT2D eigenvalue weighted by atomic mass is 32.2. The van der Waals surface area contributed by atoms with Gasteiger partial charge in [0.1, 0.15) is 0 Å². The van der Waals surface area contributed by atoms with Gasteiger partial charge in [0.05, 0.1) is 15.3 Å². The molecule has 1 aliphatic heterocycles. The first-order chi connectivity index (χ1) is 7.25. The quantitative estimate of drug-likeness (QED) is 0.695. The largest absolute Gasteiger partial charge is 0.372 e. The van der Waals surface area contributed by atoms with Gasteiger partial charge in [0.2, 0.25) is 0 Å². The van der Waals surface area contributed by atoms with E-state index in [-0.39, 0.29) is 0 Å². The first-order valence-electron chi connectivity index (χ1n) is 5.32. The second kappa shape index (κ2) is 3.23. The highest BCUT2D eigenvalue weighted by Gasteiger charge is 2.42. The first kappa shape index (κ1) is 11.5. The number of nitrogens with zero attached hydrogens (tertiary/aromatic N) is 1. The van der Waals surface area contributed by atoms with E-state index >= 15 is 0 Å². The lowest BCUT2D eigenvalue weighted by molar-refractivity contribution is 0.534. The minimum absolute atomic E-state index is 0.455. The van der Waals surface area contributed by atoms with Crippen molar-refractivity contribution in [2.24, 2.45) is 0 Å². The average molecular weight is 239 g/mol. The smallest absolute Gasteiger partial charge is 0.187 e. The third-order valence-corrected chi connectivity index (χ3v) is 5.67. The Bertz CT molecular complexity index is 532. The number of benzene rings is 1.